The smallest absolute Gasteiger partial charge is 0.277 e. The Labute approximate surface area is 221 Å². The predicted molar refractivity (Wildman–Crippen MR) is 146 cm³/mol. The molecule has 0 bridgehead atoms. The highest BCUT2D eigenvalue weighted by atomic mass is 32.2. The van der Waals surface area contributed by atoms with Gasteiger partial charge in [-0.05, 0) is 41.5 Å². The molecule has 0 N–H and O–H groups in total. The van der Waals surface area contributed by atoms with Gasteiger partial charge in [-0.25, -0.2) is 5.01 Å². The Bertz CT molecular complexity index is 1170. The summed E-state index contributed by atoms with van der Waals surface area (Å²) in [5, 5.41) is 17.3. The fourth-order valence-corrected chi connectivity index (χ4v) is 6.33. The van der Waals surface area contributed by atoms with Crippen LogP contribution in [0.1, 0.15) is 67.3 Å². The van der Waals surface area contributed by atoms with E-state index in [4.69, 9.17) is 9.52 Å². The summed E-state index contributed by atoms with van der Waals surface area (Å²) in [6.45, 7) is 0. The van der Waals surface area contributed by atoms with Gasteiger partial charge in [0.05, 0.1) is 22.4 Å². The SMILES string of the molecule is CN(C)c1ccc(C2CC(c3cccs3)=NN2C(=O)CSc2nnc(CCC3CCCCC3)o2)cc1. The van der Waals surface area contributed by atoms with Gasteiger partial charge in [0.15, 0.2) is 0 Å². The molecule has 1 fully saturated rings. The van der Waals surface area contributed by atoms with Crippen LogP contribution in [0.25, 0.3) is 0 Å². The number of benzene rings is 1. The fourth-order valence-electron chi connectivity index (χ4n) is 4.98. The quantitative estimate of drug-likeness (QED) is 0.312. The first-order valence-corrected chi connectivity index (χ1v) is 14.6. The Balaban J connectivity index is 1.23. The Morgan fingerprint density at radius 1 is 1.14 bits per heavy atom. The molecule has 2 aromatic heterocycles. The van der Waals surface area contributed by atoms with Gasteiger partial charge < -0.3 is 9.32 Å². The topological polar surface area (TPSA) is 74.8 Å². The second kappa shape index (κ2) is 11.6. The molecule has 0 radical (unpaired) electrons. The molecule has 1 aliphatic carbocycles. The number of hydrogen-bond donors (Lipinski definition) is 0. The van der Waals surface area contributed by atoms with Gasteiger partial charge >= 0.3 is 0 Å². The molecule has 36 heavy (non-hydrogen) atoms. The summed E-state index contributed by atoms with van der Waals surface area (Å²) in [4.78, 5) is 16.5. The molecule has 9 heteroatoms. The average molecular weight is 524 g/mol. The molecule has 1 aliphatic heterocycles. The summed E-state index contributed by atoms with van der Waals surface area (Å²) in [7, 11) is 4.04. The normalized spacial score (nSPS) is 18.4. The van der Waals surface area contributed by atoms with Crippen LogP contribution in [0.5, 0.6) is 0 Å². The van der Waals surface area contributed by atoms with E-state index in [2.05, 4.69) is 45.4 Å². The number of hydrazone groups is 1. The van der Waals surface area contributed by atoms with Gasteiger partial charge in [0.1, 0.15) is 0 Å². The van der Waals surface area contributed by atoms with Crippen LogP contribution in [-0.4, -0.2) is 46.7 Å². The third-order valence-electron chi connectivity index (χ3n) is 7.02. The fraction of sp³-hybridized carbons (Fsp3) is 0.481. The van der Waals surface area contributed by atoms with Crippen molar-refractivity contribution in [1.82, 2.24) is 15.2 Å². The van der Waals surface area contributed by atoms with Crippen molar-refractivity contribution in [3.05, 3.63) is 58.1 Å². The average Bonchev–Trinajstić information content (AvgIpc) is 3.67. The summed E-state index contributed by atoms with van der Waals surface area (Å²) >= 11 is 2.95. The first kappa shape index (κ1) is 25.0. The first-order valence-electron chi connectivity index (χ1n) is 12.7. The van der Waals surface area contributed by atoms with E-state index >= 15 is 0 Å². The van der Waals surface area contributed by atoms with E-state index < -0.39 is 0 Å². The van der Waals surface area contributed by atoms with E-state index in [1.54, 1.807) is 16.3 Å². The zero-order chi connectivity index (χ0) is 24.9. The standard InChI is InChI=1S/C27H33N5O2S2/c1-31(2)21-13-11-20(12-14-21)23-17-22(24-9-6-16-35-24)30-32(23)26(33)18-36-27-29-28-25(34-27)15-10-19-7-4-3-5-8-19/h6,9,11-14,16,19,23H,3-5,7-8,10,15,17-18H2,1-2H3. The van der Waals surface area contributed by atoms with Crippen molar-refractivity contribution < 1.29 is 9.21 Å². The van der Waals surface area contributed by atoms with E-state index in [1.165, 1.54) is 43.9 Å². The van der Waals surface area contributed by atoms with Gasteiger partial charge in [-0.15, -0.1) is 21.5 Å². The number of thioether (sulfide) groups is 1. The molecule has 1 amide bonds. The molecule has 1 atom stereocenters. The zero-order valence-electron chi connectivity index (χ0n) is 20.9. The first-order chi connectivity index (χ1) is 17.6. The summed E-state index contributed by atoms with van der Waals surface area (Å²) in [6.07, 6.45) is 9.29. The van der Waals surface area contributed by atoms with Crippen LogP contribution < -0.4 is 4.90 Å². The highest BCUT2D eigenvalue weighted by Crippen LogP contribution is 2.35. The minimum atomic E-state index is -0.125. The van der Waals surface area contributed by atoms with Crippen LogP contribution >= 0.6 is 23.1 Å². The van der Waals surface area contributed by atoms with Crippen molar-refractivity contribution in [3.63, 3.8) is 0 Å². The second-order valence-corrected chi connectivity index (χ2v) is 11.6. The zero-order valence-corrected chi connectivity index (χ0v) is 22.6. The summed E-state index contributed by atoms with van der Waals surface area (Å²) in [5.74, 6) is 1.60. The number of thiophene rings is 1. The van der Waals surface area contributed by atoms with E-state index in [0.29, 0.717) is 17.5 Å². The van der Waals surface area contributed by atoms with Gasteiger partial charge in [-0.3, -0.25) is 4.79 Å². The van der Waals surface area contributed by atoms with Crippen molar-refractivity contribution in [2.24, 2.45) is 11.0 Å². The molecule has 190 valence electrons. The van der Waals surface area contributed by atoms with Crippen LogP contribution in [0, 0.1) is 5.92 Å². The van der Waals surface area contributed by atoms with Gasteiger partial charge in [0.2, 0.25) is 5.89 Å². The molecule has 5 rings (SSSR count). The Morgan fingerprint density at radius 3 is 2.67 bits per heavy atom. The lowest BCUT2D eigenvalue weighted by molar-refractivity contribution is -0.130. The Morgan fingerprint density at radius 2 is 1.94 bits per heavy atom. The van der Waals surface area contributed by atoms with Crippen molar-refractivity contribution >= 4 is 40.4 Å². The van der Waals surface area contributed by atoms with Gasteiger partial charge in [-0.2, -0.15) is 5.10 Å². The lowest BCUT2D eigenvalue weighted by Gasteiger charge is -2.22. The maximum absolute atomic E-state index is 13.3. The van der Waals surface area contributed by atoms with Crippen molar-refractivity contribution in [1.29, 1.82) is 0 Å². The number of aryl methyl sites for hydroxylation is 1. The third kappa shape index (κ3) is 6.00. The van der Waals surface area contributed by atoms with E-state index in [9.17, 15) is 4.79 Å². The lowest BCUT2D eigenvalue weighted by atomic mass is 9.86. The molecule has 1 unspecified atom stereocenters. The lowest BCUT2D eigenvalue weighted by Crippen LogP contribution is -2.28. The Kier molecular flexibility index (Phi) is 8.06. The molecule has 2 aliphatic rings. The molecular weight excluding hydrogens is 490 g/mol. The highest BCUT2D eigenvalue weighted by molar-refractivity contribution is 7.99. The van der Waals surface area contributed by atoms with Crippen LogP contribution in [0.3, 0.4) is 0 Å². The molecule has 3 heterocycles. The van der Waals surface area contributed by atoms with Crippen LogP contribution in [-0.2, 0) is 11.2 Å². The monoisotopic (exact) mass is 523 g/mol. The summed E-state index contributed by atoms with van der Waals surface area (Å²) < 4.78 is 5.85. The van der Waals surface area contributed by atoms with Gasteiger partial charge in [0.25, 0.3) is 11.1 Å². The van der Waals surface area contributed by atoms with Crippen LogP contribution in [0.15, 0.2) is 56.5 Å². The number of rotatable bonds is 9. The Hall–Kier alpha value is -2.65. The number of aromatic nitrogens is 2. The number of nitrogens with zero attached hydrogens (tertiary/aromatic N) is 5. The van der Waals surface area contributed by atoms with E-state index in [1.807, 2.05) is 25.5 Å². The van der Waals surface area contributed by atoms with Gasteiger partial charge in [-0.1, -0.05) is 62.1 Å². The van der Waals surface area contributed by atoms with Crippen molar-refractivity contribution in [2.45, 2.75) is 62.6 Å². The second-order valence-electron chi connectivity index (χ2n) is 9.76. The number of amides is 1. The molecule has 7 nitrogen and oxygen atoms in total. The summed E-state index contributed by atoms with van der Waals surface area (Å²) in [5.41, 5.74) is 3.16. The molecule has 1 saturated carbocycles. The van der Waals surface area contributed by atoms with Crippen LogP contribution in [0.4, 0.5) is 5.69 Å². The minimum absolute atomic E-state index is 0.0600. The van der Waals surface area contributed by atoms with E-state index in [-0.39, 0.29) is 17.7 Å². The maximum atomic E-state index is 13.3. The highest BCUT2D eigenvalue weighted by Gasteiger charge is 2.33. The number of carbonyl (C=O) groups excluding carboxylic acids is 1. The third-order valence-corrected chi connectivity index (χ3v) is 8.75. The number of carbonyl (C=O) groups is 1. The molecule has 0 spiro atoms. The molecule has 0 saturated heterocycles. The molecular formula is C27H33N5O2S2. The number of anilines is 1. The number of hydrogen-bond acceptors (Lipinski definition) is 8. The predicted octanol–water partition coefficient (Wildman–Crippen LogP) is 6.18. The molecule has 3 aromatic rings. The van der Waals surface area contributed by atoms with Gasteiger partial charge in [0, 0.05) is 32.6 Å². The molecule has 1 aromatic carbocycles. The minimum Gasteiger partial charge on any atom is -0.416 e. The maximum Gasteiger partial charge on any atom is 0.277 e. The van der Waals surface area contributed by atoms with Crippen LogP contribution in [0.2, 0.25) is 0 Å². The van der Waals surface area contributed by atoms with Crippen molar-refractivity contribution in [3.8, 4) is 0 Å². The van der Waals surface area contributed by atoms with E-state index in [0.717, 1.165) is 40.6 Å². The largest absolute Gasteiger partial charge is 0.416 e. The summed E-state index contributed by atoms with van der Waals surface area (Å²) in [6, 6.07) is 12.3. The van der Waals surface area contributed by atoms with Crippen molar-refractivity contribution in [2.75, 3.05) is 24.7 Å².